The number of carbonyl (C=O) groups is 8. The lowest BCUT2D eigenvalue weighted by Crippen LogP contribution is -2.20. The highest BCUT2D eigenvalue weighted by Crippen LogP contribution is 2.36. The van der Waals surface area contributed by atoms with Crippen molar-refractivity contribution in [1.82, 2.24) is 20.6 Å². The summed E-state index contributed by atoms with van der Waals surface area (Å²) in [5.74, 6) is -13.2. The van der Waals surface area contributed by atoms with Crippen molar-refractivity contribution in [1.29, 1.82) is 0 Å². The Kier molecular flexibility index (Phi) is 16.2. The first kappa shape index (κ1) is 52.2. The number of carbonyl (C=O) groups excluding carboxylic acids is 8. The molecule has 0 saturated heterocycles. The van der Waals surface area contributed by atoms with Gasteiger partial charge in [-0.1, -0.05) is 44.8 Å². The van der Waals surface area contributed by atoms with Crippen molar-refractivity contribution in [3.05, 3.63) is 225 Å². The molecule has 632 valence electrons. The molecule has 40 heteroatoms. The van der Waals surface area contributed by atoms with E-state index in [9.17, 15) is 72.0 Å². The van der Waals surface area contributed by atoms with Crippen molar-refractivity contribution in [3.63, 3.8) is 0 Å². The van der Waals surface area contributed by atoms with Crippen LogP contribution in [0.4, 0.5) is 46.3 Å². The SMILES string of the molecule is [2H]c1c(C(=O)C([2H])([2H])[2H])c(NC(=O)c2sccc2S(=O)(=O)Nc2onc(C)c2C([2H])([2H])[2H])c(C([2H])([2H])[2H])c([2H])c1C([2H])([2H])[2H].[2H]c1c(C(=O)C([2H])([2H])[2H])c(NC(=O)c2sccc2S(=O)(=O)Nc2onc(C)c2C)c(C([2H])([2H])[2H])c([2H])c1C([2H])([2H])[2H].[2H]c1c(C)c([2H])c(C(=O)C([2H])([2H])[2H])c(NC(=O)c2sccc2S(=O)(=O)Nc2onc(C)c2C([2H])([2H])[2H])c1C.[2H]c1c(C)c([2H])c(C(=O)C([2H])([2H])[2H])c(NC(=O)c2sccc2S(=O)(=O)Nc2onc(C)c2C)c1C. The summed E-state index contributed by atoms with van der Waals surface area (Å²) in [5, 5.41) is 27.7. The third-order valence-electron chi connectivity index (χ3n) is 15.9. The maximum absolute atomic E-state index is 13.4. The second kappa shape index (κ2) is 37.2. The molecule has 0 spiro atoms. The van der Waals surface area contributed by atoms with Crippen molar-refractivity contribution in [3.8, 4) is 0 Å². The summed E-state index contributed by atoms with van der Waals surface area (Å²) in [6.07, 6.45) is 0. The fourth-order valence-corrected chi connectivity index (χ4v) is 19.3. The average Bonchev–Trinajstić information content (AvgIpc) is 1.63. The van der Waals surface area contributed by atoms with Crippen molar-refractivity contribution in [2.24, 2.45) is 0 Å². The molecule has 0 saturated carbocycles. The van der Waals surface area contributed by atoms with E-state index in [4.69, 9.17) is 70.2 Å². The minimum atomic E-state index is -4.84. The largest absolute Gasteiger partial charge is 0.337 e. The minimum Gasteiger partial charge on any atom is -0.337 e. The van der Waals surface area contributed by atoms with Gasteiger partial charge in [-0.2, -0.15) is 0 Å². The normalized spacial score (nSPS) is 17.1. The third kappa shape index (κ3) is 21.0. The monoisotopic (exact) mass is 1830 g/mol. The second-order valence-corrected chi connectivity index (χ2v) is 34.7. The van der Waals surface area contributed by atoms with E-state index in [2.05, 4.69) is 40.7 Å². The molecular formula is C80H84N12O20S8. The summed E-state index contributed by atoms with van der Waals surface area (Å²) in [5.41, 5.74) is -11.3. The number of nitrogens with one attached hydrogen (secondary N) is 8. The van der Waals surface area contributed by atoms with Gasteiger partial charge in [-0.25, -0.2) is 52.6 Å². The van der Waals surface area contributed by atoms with E-state index in [1.165, 1.54) is 70.7 Å². The molecule has 0 unspecified atom stereocenters. The van der Waals surface area contributed by atoms with Crippen LogP contribution in [0.15, 0.2) is 132 Å². The van der Waals surface area contributed by atoms with Crippen LogP contribution in [0.3, 0.4) is 0 Å². The van der Waals surface area contributed by atoms with Crippen LogP contribution >= 0.6 is 45.3 Å². The zero-order valence-electron chi connectivity index (χ0n) is 101. The molecule has 120 heavy (non-hydrogen) atoms. The standard InChI is InChI=1S/4C20H21N3O5S2/c4*1-10-8-11(2)17(15(9-10)14(5)24)21-19(25)18-16(6-7-29-18)30(26,27)23-20-12(3)13(4)22-28-20/h4*6-9,23H,1-5H3,(H,21,25)/i1D3,2D3,3D3,5D3,8D,9D;1D3,2D3,5D3,8D,9D;3D3,5D3,8D,9D;5D3,8D,9D. The number of ketones is 4. The zero-order chi connectivity index (χ0) is 121. The predicted molar refractivity (Wildman–Crippen MR) is 460 cm³/mol. The molecule has 0 atom stereocenters. The molecule has 8 aromatic heterocycles. The highest BCUT2D eigenvalue weighted by molar-refractivity contribution is 7.94. The van der Waals surface area contributed by atoms with Gasteiger partial charge in [0.1, 0.15) is 39.1 Å². The fourth-order valence-electron chi connectivity index (χ4n) is 9.92. The number of nitrogens with zero attached hydrogens (tertiary/aromatic N) is 4. The lowest BCUT2D eigenvalue weighted by Gasteiger charge is -2.14. The summed E-state index contributed by atoms with van der Waals surface area (Å²) < 4.78 is 427. The number of aromatic nitrogens is 4. The van der Waals surface area contributed by atoms with Gasteiger partial charge in [0, 0.05) is 85.6 Å². The van der Waals surface area contributed by atoms with Gasteiger partial charge in [0.25, 0.3) is 63.7 Å². The smallest absolute Gasteiger partial charge is 0.267 e. The molecule has 12 aromatic rings. The second-order valence-electron chi connectivity index (χ2n) is 24.4. The molecule has 0 aliphatic heterocycles. The van der Waals surface area contributed by atoms with Gasteiger partial charge in [-0.3, -0.25) is 38.4 Å². The number of sulfonamides is 4. The molecule has 32 nitrogen and oxygen atoms in total. The first-order chi connectivity index (χ1) is 71.6. The van der Waals surface area contributed by atoms with Gasteiger partial charge in [-0.15, -0.1) is 45.3 Å². The lowest BCUT2D eigenvalue weighted by atomic mass is 10.0. The van der Waals surface area contributed by atoms with Crippen LogP contribution in [0.2, 0.25) is 0 Å². The Morgan fingerprint density at radius 1 is 0.317 bits per heavy atom. The number of Topliss-reactive ketones (excluding diaryl/α,β-unsaturated/α-hetero) is 4. The summed E-state index contributed by atoms with van der Waals surface area (Å²) in [4.78, 5) is 100. The van der Waals surface area contributed by atoms with Gasteiger partial charge < -0.3 is 39.4 Å². The lowest BCUT2D eigenvalue weighted by molar-refractivity contribution is 0.100. The molecule has 4 aromatic carbocycles. The Bertz CT molecular complexity index is 8320. The van der Waals surface area contributed by atoms with Crippen molar-refractivity contribution >= 4 is 178 Å². The quantitative estimate of drug-likeness (QED) is 0.0260. The van der Waals surface area contributed by atoms with E-state index in [-0.39, 0.29) is 73.0 Å². The molecule has 0 aliphatic rings. The molecule has 8 N–H and O–H groups in total. The van der Waals surface area contributed by atoms with Crippen molar-refractivity contribution < 1.29 is 142 Å². The van der Waals surface area contributed by atoms with Crippen LogP contribution in [0.5, 0.6) is 0 Å². The Hall–Kier alpha value is -11.9. The number of anilines is 8. The average molecular weight is 1830 g/mol. The van der Waals surface area contributed by atoms with Crippen molar-refractivity contribution in [2.75, 3.05) is 40.2 Å². The van der Waals surface area contributed by atoms with E-state index < -0.39 is 305 Å². The van der Waals surface area contributed by atoms with E-state index in [0.29, 0.717) is 56.5 Å². The van der Waals surface area contributed by atoms with Gasteiger partial charge in [0.05, 0.1) is 56.5 Å². The highest BCUT2D eigenvalue weighted by Gasteiger charge is 2.33. The van der Waals surface area contributed by atoms with E-state index in [1.54, 1.807) is 20.8 Å². The summed E-state index contributed by atoms with van der Waals surface area (Å²) >= 11 is 2.53. The predicted octanol–water partition coefficient (Wildman–Crippen LogP) is 16.9. The number of hydrogen-bond acceptors (Lipinski definition) is 28. The Balaban J connectivity index is 0.000000233. The molecule has 0 aliphatic carbocycles. The fraction of sp³-hybridized carbons (Fsp3) is 0.250. The Labute approximate surface area is 761 Å². The van der Waals surface area contributed by atoms with Gasteiger partial charge in [0.15, 0.2) is 23.1 Å². The van der Waals surface area contributed by atoms with Crippen LogP contribution in [-0.2, 0) is 40.1 Å². The molecule has 8 heterocycles. The van der Waals surface area contributed by atoms with E-state index in [1.807, 2.05) is 20.1 Å². The Morgan fingerprint density at radius 3 is 0.775 bits per heavy atom. The summed E-state index contributed by atoms with van der Waals surface area (Å²) in [6, 6.07) is -2.43. The van der Waals surface area contributed by atoms with Crippen LogP contribution in [0, 0.1) is 110 Å². The molecular weight excluding hydrogens is 1710 g/mol. The third-order valence-corrected chi connectivity index (χ3v) is 25.6. The molecule has 0 radical (unpaired) electrons. The molecule has 0 fully saturated rings. The minimum absolute atomic E-state index is 0.00186. The van der Waals surface area contributed by atoms with Crippen LogP contribution in [0.25, 0.3) is 0 Å². The first-order valence-electron chi connectivity index (χ1n) is 51.8. The number of hydrogen-bond donors (Lipinski definition) is 8. The maximum Gasteiger partial charge on any atom is 0.267 e. The number of amides is 4. The van der Waals surface area contributed by atoms with Gasteiger partial charge >= 0.3 is 0 Å². The topological polar surface area (TPSA) is 473 Å². The van der Waals surface area contributed by atoms with Crippen LogP contribution in [0.1, 0.15) is 249 Å². The van der Waals surface area contributed by atoms with E-state index >= 15 is 0 Å². The highest BCUT2D eigenvalue weighted by atomic mass is 32.2. The summed E-state index contributed by atoms with van der Waals surface area (Å²) in [7, 11) is -18.3. The zero-order valence-corrected chi connectivity index (χ0v) is 69.4. The number of aryl methyl sites for hydroxylation is 4. The number of rotatable bonds is 24. The molecule has 4 amide bonds. The summed E-state index contributed by atoms with van der Waals surface area (Å²) in [6.45, 7) is -18.2. The maximum atomic E-state index is 13.4. The van der Waals surface area contributed by atoms with Gasteiger partial charge in [0.2, 0.25) is 23.5 Å². The van der Waals surface area contributed by atoms with E-state index in [0.717, 1.165) is 34.9 Å². The Morgan fingerprint density at radius 2 is 0.550 bits per heavy atom. The number of benzene rings is 4. The molecule has 0 bridgehead atoms. The van der Waals surface area contributed by atoms with Gasteiger partial charge in [-0.05, 0) is 252 Å². The van der Waals surface area contributed by atoms with Crippen molar-refractivity contribution in [2.45, 2.75) is 157 Å². The van der Waals surface area contributed by atoms with Crippen LogP contribution in [-0.4, -0.2) is 101 Å². The van der Waals surface area contributed by atoms with Crippen LogP contribution < -0.4 is 40.2 Å². The number of thiophene rings is 4. The first-order valence-corrected chi connectivity index (χ1v) is 42.2. The molecule has 12 rings (SSSR count).